The number of nitrogens with one attached hydrogen (secondary N) is 1. The highest BCUT2D eigenvalue weighted by Crippen LogP contribution is 2.26. The summed E-state index contributed by atoms with van der Waals surface area (Å²) in [5.74, 6) is -0.692. The van der Waals surface area contributed by atoms with Gasteiger partial charge in [-0.25, -0.2) is 8.78 Å². The van der Waals surface area contributed by atoms with E-state index in [2.05, 4.69) is 5.32 Å². The van der Waals surface area contributed by atoms with Crippen molar-refractivity contribution in [1.82, 2.24) is 5.32 Å². The molecular weight excluding hydrogens is 208 g/mol. The van der Waals surface area contributed by atoms with Gasteiger partial charge in [-0.2, -0.15) is 0 Å². The van der Waals surface area contributed by atoms with Crippen molar-refractivity contribution in [2.24, 2.45) is 5.92 Å². The molecule has 0 aliphatic carbocycles. The van der Waals surface area contributed by atoms with Crippen molar-refractivity contribution in [2.75, 3.05) is 6.54 Å². The Bertz CT molecular complexity index is 361. The first-order valence-corrected chi connectivity index (χ1v) is 5.66. The van der Waals surface area contributed by atoms with Crippen LogP contribution in [-0.2, 0) is 0 Å². The smallest absolute Gasteiger partial charge is 0.130 e. The normalized spacial score (nSPS) is 13.2. The molecule has 1 unspecified atom stereocenters. The molecule has 0 aliphatic heterocycles. The summed E-state index contributed by atoms with van der Waals surface area (Å²) < 4.78 is 26.8. The minimum atomic E-state index is -0.486. The van der Waals surface area contributed by atoms with Crippen LogP contribution in [0.3, 0.4) is 0 Å². The van der Waals surface area contributed by atoms with E-state index < -0.39 is 11.6 Å². The van der Waals surface area contributed by atoms with E-state index in [1.54, 1.807) is 13.0 Å². The third-order valence-corrected chi connectivity index (χ3v) is 2.70. The van der Waals surface area contributed by atoms with Gasteiger partial charge in [0.25, 0.3) is 0 Å². The summed E-state index contributed by atoms with van der Waals surface area (Å²) in [6.07, 6.45) is 0. The van der Waals surface area contributed by atoms with Gasteiger partial charge in [0.2, 0.25) is 0 Å². The lowest BCUT2D eigenvalue weighted by Crippen LogP contribution is -2.26. The van der Waals surface area contributed by atoms with Crippen molar-refractivity contribution in [3.8, 4) is 0 Å². The van der Waals surface area contributed by atoms with Gasteiger partial charge in [-0.1, -0.05) is 20.8 Å². The molecule has 0 heterocycles. The predicted octanol–water partition coefficient (Wildman–Crippen LogP) is 3.58. The van der Waals surface area contributed by atoms with Crippen molar-refractivity contribution < 1.29 is 8.78 Å². The van der Waals surface area contributed by atoms with Gasteiger partial charge in [0, 0.05) is 17.7 Å². The van der Waals surface area contributed by atoms with Crippen LogP contribution in [0.25, 0.3) is 0 Å². The maximum absolute atomic E-state index is 13.7. The highest BCUT2D eigenvalue weighted by atomic mass is 19.1. The van der Waals surface area contributed by atoms with Gasteiger partial charge in [-0.05, 0) is 31.0 Å². The summed E-state index contributed by atoms with van der Waals surface area (Å²) in [6, 6.07) is 2.50. The molecule has 0 radical (unpaired) electrons. The number of hydrogen-bond donors (Lipinski definition) is 1. The molecule has 1 rings (SSSR count). The molecule has 0 amide bonds. The second kappa shape index (κ2) is 5.39. The van der Waals surface area contributed by atoms with Crippen LogP contribution in [-0.4, -0.2) is 6.54 Å². The molecule has 1 atom stereocenters. The Morgan fingerprint density at radius 1 is 1.19 bits per heavy atom. The van der Waals surface area contributed by atoms with Gasteiger partial charge in [-0.15, -0.1) is 0 Å². The lowest BCUT2D eigenvalue weighted by atomic mass is 9.94. The SMILES string of the molecule is CCNC(c1cc(C)c(F)cc1F)C(C)C. The molecule has 0 aromatic heterocycles. The van der Waals surface area contributed by atoms with Crippen LogP contribution in [0.4, 0.5) is 8.78 Å². The summed E-state index contributed by atoms with van der Waals surface area (Å²) in [4.78, 5) is 0. The van der Waals surface area contributed by atoms with E-state index in [0.29, 0.717) is 11.1 Å². The van der Waals surface area contributed by atoms with Crippen LogP contribution < -0.4 is 5.32 Å². The molecule has 0 aliphatic rings. The standard InChI is InChI=1S/C13H19F2N/c1-5-16-13(8(2)3)10-6-9(4)11(14)7-12(10)15/h6-8,13,16H,5H2,1-4H3. The van der Waals surface area contributed by atoms with E-state index in [0.717, 1.165) is 12.6 Å². The van der Waals surface area contributed by atoms with E-state index in [-0.39, 0.29) is 12.0 Å². The number of benzene rings is 1. The molecule has 0 saturated heterocycles. The van der Waals surface area contributed by atoms with Gasteiger partial charge < -0.3 is 5.32 Å². The number of rotatable bonds is 4. The van der Waals surface area contributed by atoms with Crippen LogP contribution in [0.15, 0.2) is 12.1 Å². The van der Waals surface area contributed by atoms with Gasteiger partial charge in [-0.3, -0.25) is 0 Å². The quantitative estimate of drug-likeness (QED) is 0.829. The first-order valence-electron chi connectivity index (χ1n) is 5.66. The third-order valence-electron chi connectivity index (χ3n) is 2.70. The monoisotopic (exact) mass is 227 g/mol. The lowest BCUT2D eigenvalue weighted by molar-refractivity contribution is 0.403. The molecule has 1 aromatic rings. The summed E-state index contributed by atoms with van der Waals surface area (Å²) in [5, 5.41) is 3.22. The third kappa shape index (κ3) is 2.79. The van der Waals surface area contributed by atoms with Crippen LogP contribution in [0.5, 0.6) is 0 Å². The van der Waals surface area contributed by atoms with Crippen LogP contribution in [0.2, 0.25) is 0 Å². The Kier molecular flexibility index (Phi) is 4.42. The second-order valence-electron chi connectivity index (χ2n) is 4.40. The Morgan fingerprint density at radius 3 is 2.31 bits per heavy atom. The van der Waals surface area contributed by atoms with E-state index in [1.807, 2.05) is 20.8 Å². The Hall–Kier alpha value is -0.960. The van der Waals surface area contributed by atoms with Gasteiger partial charge in [0.1, 0.15) is 11.6 Å². The van der Waals surface area contributed by atoms with Crippen molar-refractivity contribution in [3.05, 3.63) is 34.9 Å². The summed E-state index contributed by atoms with van der Waals surface area (Å²) in [7, 11) is 0. The fourth-order valence-electron chi connectivity index (χ4n) is 1.84. The van der Waals surface area contributed by atoms with E-state index in [4.69, 9.17) is 0 Å². The van der Waals surface area contributed by atoms with E-state index in [1.165, 1.54) is 0 Å². The molecule has 0 fully saturated rings. The summed E-state index contributed by atoms with van der Waals surface area (Å²) >= 11 is 0. The molecule has 0 bridgehead atoms. The maximum Gasteiger partial charge on any atom is 0.130 e. The minimum Gasteiger partial charge on any atom is -0.310 e. The van der Waals surface area contributed by atoms with E-state index >= 15 is 0 Å². The van der Waals surface area contributed by atoms with Crippen LogP contribution >= 0.6 is 0 Å². The molecule has 0 saturated carbocycles. The van der Waals surface area contributed by atoms with Gasteiger partial charge in [0.15, 0.2) is 0 Å². The Balaban J connectivity index is 3.13. The first kappa shape index (κ1) is 13.1. The first-order chi connectivity index (χ1) is 7.47. The van der Waals surface area contributed by atoms with Crippen LogP contribution in [0.1, 0.15) is 37.9 Å². The summed E-state index contributed by atoms with van der Waals surface area (Å²) in [5.41, 5.74) is 1.04. The molecule has 1 nitrogen and oxygen atoms in total. The zero-order valence-electron chi connectivity index (χ0n) is 10.3. The molecule has 16 heavy (non-hydrogen) atoms. The molecule has 90 valence electrons. The minimum absolute atomic E-state index is 0.0655. The summed E-state index contributed by atoms with van der Waals surface area (Å²) in [6.45, 7) is 8.43. The van der Waals surface area contributed by atoms with Crippen molar-refractivity contribution in [2.45, 2.75) is 33.7 Å². The number of halogens is 2. The molecule has 0 spiro atoms. The maximum atomic E-state index is 13.7. The Morgan fingerprint density at radius 2 is 1.81 bits per heavy atom. The van der Waals surface area contributed by atoms with Crippen molar-refractivity contribution >= 4 is 0 Å². The van der Waals surface area contributed by atoms with Crippen LogP contribution in [0, 0.1) is 24.5 Å². The molecular formula is C13H19F2N. The average molecular weight is 227 g/mol. The van der Waals surface area contributed by atoms with E-state index in [9.17, 15) is 8.78 Å². The highest BCUT2D eigenvalue weighted by molar-refractivity contribution is 5.28. The Labute approximate surface area is 95.9 Å². The lowest BCUT2D eigenvalue weighted by Gasteiger charge is -2.23. The topological polar surface area (TPSA) is 12.0 Å². The van der Waals surface area contributed by atoms with Crippen molar-refractivity contribution in [3.63, 3.8) is 0 Å². The van der Waals surface area contributed by atoms with Gasteiger partial charge >= 0.3 is 0 Å². The van der Waals surface area contributed by atoms with Crippen molar-refractivity contribution in [1.29, 1.82) is 0 Å². The molecule has 1 aromatic carbocycles. The second-order valence-corrected chi connectivity index (χ2v) is 4.40. The largest absolute Gasteiger partial charge is 0.310 e. The number of hydrogen-bond acceptors (Lipinski definition) is 1. The fourth-order valence-corrected chi connectivity index (χ4v) is 1.84. The fraction of sp³-hybridized carbons (Fsp3) is 0.538. The molecule has 3 heteroatoms. The van der Waals surface area contributed by atoms with Gasteiger partial charge in [0.05, 0.1) is 0 Å². The molecule has 1 N–H and O–H groups in total. The number of aryl methyl sites for hydroxylation is 1. The zero-order valence-corrected chi connectivity index (χ0v) is 10.3. The average Bonchev–Trinajstić information content (AvgIpc) is 2.20. The highest BCUT2D eigenvalue weighted by Gasteiger charge is 2.19. The predicted molar refractivity (Wildman–Crippen MR) is 62.4 cm³/mol. The zero-order chi connectivity index (χ0) is 12.3.